The summed E-state index contributed by atoms with van der Waals surface area (Å²) in [6.45, 7) is 2.73. The van der Waals surface area contributed by atoms with E-state index < -0.39 is 0 Å². The van der Waals surface area contributed by atoms with E-state index in [9.17, 15) is 4.79 Å². The average molecular weight is 347 g/mol. The molecule has 0 saturated heterocycles. The summed E-state index contributed by atoms with van der Waals surface area (Å²) in [6, 6.07) is 22.0. The maximum Gasteiger partial charge on any atom is 0.284 e. The third-order valence-corrected chi connectivity index (χ3v) is 5.03. The van der Waals surface area contributed by atoms with Crippen LogP contribution in [0.5, 0.6) is 0 Å². The van der Waals surface area contributed by atoms with Crippen LogP contribution in [0.15, 0.2) is 77.4 Å². The van der Waals surface area contributed by atoms with Gasteiger partial charge in [-0.15, -0.1) is 0 Å². The van der Waals surface area contributed by atoms with Gasteiger partial charge in [0.05, 0.1) is 6.26 Å². The van der Waals surface area contributed by atoms with Crippen LogP contribution < -0.4 is 10.2 Å². The fourth-order valence-corrected chi connectivity index (χ4v) is 3.68. The zero-order chi connectivity index (χ0) is 17.9. The van der Waals surface area contributed by atoms with Crippen LogP contribution in [0.2, 0.25) is 0 Å². The molecule has 2 N–H and O–H groups in total. The highest BCUT2D eigenvalue weighted by Gasteiger charge is 2.32. The monoisotopic (exact) mass is 347 g/mol. The van der Waals surface area contributed by atoms with Gasteiger partial charge in [0.15, 0.2) is 17.8 Å². The molecule has 4 heteroatoms. The van der Waals surface area contributed by atoms with Crippen LogP contribution in [-0.4, -0.2) is 18.5 Å². The molecular weight excluding hydrogens is 324 g/mol. The highest BCUT2D eigenvalue weighted by Crippen LogP contribution is 2.28. The van der Waals surface area contributed by atoms with Gasteiger partial charge in [0.25, 0.3) is 5.91 Å². The number of rotatable bonds is 5. The molecule has 0 aliphatic carbocycles. The van der Waals surface area contributed by atoms with E-state index in [1.807, 2.05) is 60.4 Å². The molecule has 2 aromatic carbocycles. The maximum absolute atomic E-state index is 13.1. The van der Waals surface area contributed by atoms with E-state index in [2.05, 4.69) is 23.5 Å². The maximum atomic E-state index is 13.1. The van der Waals surface area contributed by atoms with Gasteiger partial charge in [-0.05, 0) is 37.1 Å². The molecule has 1 aliphatic heterocycles. The molecule has 0 fully saturated rings. The predicted molar refractivity (Wildman–Crippen MR) is 101 cm³/mol. The van der Waals surface area contributed by atoms with Gasteiger partial charge in [-0.1, -0.05) is 48.5 Å². The number of nitrogens with zero attached hydrogens (tertiary/aromatic N) is 1. The molecule has 132 valence electrons. The second-order valence-corrected chi connectivity index (χ2v) is 6.75. The summed E-state index contributed by atoms with van der Waals surface area (Å²) >= 11 is 0. The van der Waals surface area contributed by atoms with Crippen molar-refractivity contribution >= 4 is 11.6 Å². The summed E-state index contributed by atoms with van der Waals surface area (Å²) in [5.41, 5.74) is 3.43. The SMILES string of the molecule is C[C@@H]([NH2+][C@H](c1ccccc1)c1ccco1)C(=O)N1CCc2ccccc21. The molecule has 0 unspecified atom stereocenters. The summed E-state index contributed by atoms with van der Waals surface area (Å²) in [5, 5.41) is 2.09. The van der Waals surface area contributed by atoms with Crippen LogP contribution in [0.4, 0.5) is 5.69 Å². The van der Waals surface area contributed by atoms with Gasteiger partial charge >= 0.3 is 0 Å². The Morgan fingerprint density at radius 3 is 2.58 bits per heavy atom. The Hall–Kier alpha value is -2.85. The number of amides is 1. The van der Waals surface area contributed by atoms with Gasteiger partial charge < -0.3 is 14.6 Å². The number of para-hydroxylation sites is 1. The zero-order valence-electron chi connectivity index (χ0n) is 14.8. The van der Waals surface area contributed by atoms with Crippen LogP contribution in [0.1, 0.15) is 29.9 Å². The summed E-state index contributed by atoms with van der Waals surface area (Å²) in [7, 11) is 0. The fraction of sp³-hybridized carbons (Fsp3) is 0.227. The lowest BCUT2D eigenvalue weighted by molar-refractivity contribution is -0.706. The van der Waals surface area contributed by atoms with Crippen molar-refractivity contribution in [3.8, 4) is 0 Å². The van der Waals surface area contributed by atoms with Crippen molar-refractivity contribution < 1.29 is 14.5 Å². The topological polar surface area (TPSA) is 50.1 Å². The number of hydrogen-bond donors (Lipinski definition) is 1. The van der Waals surface area contributed by atoms with E-state index in [4.69, 9.17) is 4.42 Å². The van der Waals surface area contributed by atoms with Gasteiger partial charge in [0.2, 0.25) is 0 Å². The fourth-order valence-electron chi connectivity index (χ4n) is 3.68. The first-order valence-electron chi connectivity index (χ1n) is 9.06. The zero-order valence-corrected chi connectivity index (χ0v) is 14.8. The van der Waals surface area contributed by atoms with E-state index >= 15 is 0 Å². The number of hydrogen-bond acceptors (Lipinski definition) is 2. The van der Waals surface area contributed by atoms with Crippen molar-refractivity contribution in [3.63, 3.8) is 0 Å². The van der Waals surface area contributed by atoms with Crippen molar-refractivity contribution in [1.82, 2.24) is 0 Å². The lowest BCUT2D eigenvalue weighted by Gasteiger charge is -2.23. The van der Waals surface area contributed by atoms with E-state index in [-0.39, 0.29) is 18.0 Å². The molecule has 4 nitrogen and oxygen atoms in total. The number of fused-ring (bicyclic) bond motifs is 1. The second kappa shape index (κ2) is 7.18. The third-order valence-electron chi connectivity index (χ3n) is 5.03. The van der Waals surface area contributed by atoms with E-state index in [0.717, 1.165) is 30.0 Å². The molecule has 4 rings (SSSR count). The van der Waals surface area contributed by atoms with Crippen LogP contribution in [0.25, 0.3) is 0 Å². The molecule has 0 spiro atoms. The number of benzene rings is 2. The van der Waals surface area contributed by atoms with Crippen molar-refractivity contribution in [2.75, 3.05) is 11.4 Å². The standard InChI is InChI=1S/C22H22N2O2/c1-16(22(25)24-14-13-17-8-5-6-11-19(17)24)23-21(20-12-7-15-26-20)18-9-3-2-4-10-18/h2-12,15-16,21,23H,13-14H2,1H3/p+1/t16-,21-/m1/s1. The number of carbonyl (C=O) groups excluding carboxylic acids is 1. The molecule has 0 radical (unpaired) electrons. The van der Waals surface area contributed by atoms with E-state index in [0.29, 0.717) is 0 Å². The normalized spacial score (nSPS) is 15.5. The molecule has 1 amide bonds. The first-order valence-corrected chi connectivity index (χ1v) is 9.06. The Balaban J connectivity index is 1.56. The minimum absolute atomic E-state index is 0.0389. The Morgan fingerprint density at radius 1 is 1.04 bits per heavy atom. The second-order valence-electron chi connectivity index (χ2n) is 6.75. The molecule has 1 aromatic heterocycles. The summed E-state index contributed by atoms with van der Waals surface area (Å²) < 4.78 is 5.66. The minimum Gasteiger partial charge on any atom is -0.463 e. The van der Waals surface area contributed by atoms with Gasteiger partial charge in [-0.25, -0.2) is 0 Å². The number of anilines is 1. The van der Waals surface area contributed by atoms with E-state index in [1.54, 1.807) is 6.26 Å². The van der Waals surface area contributed by atoms with Crippen LogP contribution in [-0.2, 0) is 11.2 Å². The Labute approximate surface area is 153 Å². The lowest BCUT2D eigenvalue weighted by Crippen LogP contribution is -2.92. The number of nitrogens with two attached hydrogens (primary N) is 1. The van der Waals surface area contributed by atoms with Gasteiger partial charge in [-0.3, -0.25) is 4.79 Å². The van der Waals surface area contributed by atoms with Crippen molar-refractivity contribution in [2.45, 2.75) is 25.4 Å². The quantitative estimate of drug-likeness (QED) is 0.771. The largest absolute Gasteiger partial charge is 0.463 e. The van der Waals surface area contributed by atoms with Crippen molar-refractivity contribution in [1.29, 1.82) is 0 Å². The average Bonchev–Trinajstić information content (AvgIpc) is 3.36. The van der Waals surface area contributed by atoms with Crippen molar-refractivity contribution in [2.24, 2.45) is 0 Å². The molecule has 0 saturated carbocycles. The Bertz CT molecular complexity index is 874. The minimum atomic E-state index is -0.212. The Kier molecular flexibility index (Phi) is 4.59. The molecule has 3 aromatic rings. The number of furan rings is 1. The molecule has 1 aliphatic rings. The first-order chi connectivity index (χ1) is 12.7. The summed E-state index contributed by atoms with van der Waals surface area (Å²) in [6.07, 6.45) is 2.61. The smallest absolute Gasteiger partial charge is 0.284 e. The van der Waals surface area contributed by atoms with Gasteiger partial charge in [0.1, 0.15) is 0 Å². The molecule has 2 atom stereocenters. The van der Waals surface area contributed by atoms with Crippen LogP contribution >= 0.6 is 0 Å². The van der Waals surface area contributed by atoms with Crippen molar-refractivity contribution in [3.05, 3.63) is 89.9 Å². The molecule has 0 bridgehead atoms. The molecular formula is C22H23N2O2+. The predicted octanol–water partition coefficient (Wildman–Crippen LogP) is 2.91. The highest BCUT2D eigenvalue weighted by molar-refractivity contribution is 5.97. The first kappa shape index (κ1) is 16.6. The number of carbonyl (C=O) groups is 1. The lowest BCUT2D eigenvalue weighted by atomic mass is 10.0. The van der Waals surface area contributed by atoms with Crippen LogP contribution in [0, 0.1) is 0 Å². The third kappa shape index (κ3) is 3.16. The molecule has 2 heterocycles. The van der Waals surface area contributed by atoms with Gasteiger partial charge in [0, 0.05) is 17.8 Å². The molecule has 26 heavy (non-hydrogen) atoms. The summed E-state index contributed by atoms with van der Waals surface area (Å²) in [5.74, 6) is 1.00. The number of quaternary nitrogens is 1. The van der Waals surface area contributed by atoms with Crippen LogP contribution in [0.3, 0.4) is 0 Å². The summed E-state index contributed by atoms with van der Waals surface area (Å²) in [4.78, 5) is 15.0. The van der Waals surface area contributed by atoms with Gasteiger partial charge in [-0.2, -0.15) is 0 Å². The Morgan fingerprint density at radius 2 is 1.81 bits per heavy atom. The van der Waals surface area contributed by atoms with E-state index in [1.165, 1.54) is 5.56 Å². The highest BCUT2D eigenvalue weighted by atomic mass is 16.3.